The number of hydrogen-bond donors (Lipinski definition) is 0. The Labute approximate surface area is 180 Å². The summed E-state index contributed by atoms with van der Waals surface area (Å²) >= 11 is 0. The van der Waals surface area contributed by atoms with Crippen LogP contribution in [0.4, 0.5) is 0 Å². The first-order valence-corrected chi connectivity index (χ1v) is 12.6. The van der Waals surface area contributed by atoms with Crippen LogP contribution < -0.4 is 0 Å². The quantitative estimate of drug-likeness (QED) is 0.676. The van der Waals surface area contributed by atoms with Gasteiger partial charge in [-0.2, -0.15) is 0 Å². The highest BCUT2D eigenvalue weighted by atomic mass is 16.6. The molecule has 6 heteroatoms. The summed E-state index contributed by atoms with van der Waals surface area (Å²) < 4.78 is 40.2. The third-order valence-corrected chi connectivity index (χ3v) is 9.07. The van der Waals surface area contributed by atoms with Crippen molar-refractivity contribution in [2.75, 3.05) is 39.6 Å². The average Bonchev–Trinajstić information content (AvgIpc) is 3.64. The Balaban J connectivity index is 1.52. The highest BCUT2D eigenvalue weighted by Crippen LogP contribution is 2.64. The van der Waals surface area contributed by atoms with E-state index in [0.717, 1.165) is 117 Å². The molecule has 6 aliphatic rings. The van der Waals surface area contributed by atoms with E-state index in [4.69, 9.17) is 28.4 Å². The maximum absolute atomic E-state index is 6.96. The van der Waals surface area contributed by atoms with Gasteiger partial charge in [-0.25, -0.2) is 0 Å². The number of rotatable bonds is 5. The molecule has 6 heterocycles. The Hall–Kier alpha value is -0.240. The molecule has 30 heavy (non-hydrogen) atoms. The minimum Gasteiger partial charge on any atom is -0.375 e. The average molecular weight is 423 g/mol. The zero-order chi connectivity index (χ0) is 20.1. The van der Waals surface area contributed by atoms with Gasteiger partial charge in [0.2, 0.25) is 0 Å². The van der Waals surface area contributed by atoms with Crippen molar-refractivity contribution < 1.29 is 28.4 Å². The van der Waals surface area contributed by atoms with E-state index in [1.165, 1.54) is 0 Å². The smallest absolute Gasteiger partial charge is 0.131 e. The Morgan fingerprint density at radius 3 is 1.17 bits per heavy atom. The van der Waals surface area contributed by atoms with Gasteiger partial charge in [0, 0.05) is 39.6 Å². The van der Waals surface area contributed by atoms with E-state index in [1.807, 2.05) is 0 Å². The fraction of sp³-hybridized carbons (Fsp3) is 1.00. The molecule has 6 atom stereocenters. The highest BCUT2D eigenvalue weighted by Gasteiger charge is 2.78. The van der Waals surface area contributed by atoms with E-state index in [9.17, 15) is 0 Å². The summed E-state index contributed by atoms with van der Waals surface area (Å²) in [5, 5.41) is 0. The molecule has 0 saturated carbocycles. The van der Waals surface area contributed by atoms with Crippen molar-refractivity contribution in [1.29, 1.82) is 0 Å². The molecule has 0 N–H and O–H groups in total. The second kappa shape index (κ2) is 7.67. The molecule has 6 saturated heterocycles. The van der Waals surface area contributed by atoms with Crippen LogP contribution in [0.2, 0.25) is 0 Å². The van der Waals surface area contributed by atoms with Gasteiger partial charge < -0.3 is 28.4 Å². The van der Waals surface area contributed by atoms with Crippen molar-refractivity contribution in [2.24, 2.45) is 0 Å². The lowest BCUT2D eigenvalue weighted by Crippen LogP contribution is -2.79. The van der Waals surface area contributed by atoms with Gasteiger partial charge in [-0.3, -0.25) is 0 Å². The van der Waals surface area contributed by atoms with Crippen LogP contribution in [0.3, 0.4) is 0 Å². The van der Waals surface area contributed by atoms with Crippen molar-refractivity contribution in [3.05, 3.63) is 0 Å². The fourth-order valence-corrected chi connectivity index (χ4v) is 8.15. The fourth-order valence-electron chi connectivity index (χ4n) is 8.15. The predicted molar refractivity (Wildman–Crippen MR) is 110 cm³/mol. The molecule has 6 aliphatic heterocycles. The van der Waals surface area contributed by atoms with Crippen LogP contribution in [0.15, 0.2) is 0 Å². The van der Waals surface area contributed by atoms with Crippen LogP contribution >= 0.6 is 0 Å². The Morgan fingerprint density at radius 2 is 0.867 bits per heavy atom. The van der Waals surface area contributed by atoms with Crippen LogP contribution in [0.1, 0.15) is 77.0 Å². The number of ether oxygens (including phenoxy) is 6. The molecule has 6 nitrogen and oxygen atoms in total. The van der Waals surface area contributed by atoms with E-state index in [0.29, 0.717) is 0 Å². The summed E-state index contributed by atoms with van der Waals surface area (Å²) in [7, 11) is 0. The van der Waals surface area contributed by atoms with Gasteiger partial charge in [-0.05, 0) is 77.0 Å². The van der Waals surface area contributed by atoms with Gasteiger partial charge in [0.15, 0.2) is 0 Å². The summed E-state index contributed by atoms with van der Waals surface area (Å²) in [4.78, 5) is 0. The lowest BCUT2D eigenvalue weighted by Gasteiger charge is -2.61. The second-order valence-electron chi connectivity index (χ2n) is 10.2. The summed E-state index contributed by atoms with van der Waals surface area (Å²) in [5.41, 5.74) is -1.94. The van der Waals surface area contributed by atoms with Crippen LogP contribution in [0.5, 0.6) is 0 Å². The molecule has 6 fully saturated rings. The Bertz CT molecular complexity index is 545. The lowest BCUT2D eigenvalue weighted by molar-refractivity contribution is -0.335. The van der Waals surface area contributed by atoms with E-state index >= 15 is 0 Å². The molecular weight excluding hydrogens is 384 g/mol. The van der Waals surface area contributed by atoms with Gasteiger partial charge in [-0.15, -0.1) is 0 Å². The molecule has 0 aromatic rings. The van der Waals surface area contributed by atoms with E-state index in [-0.39, 0.29) is 12.2 Å². The third kappa shape index (κ3) is 2.52. The van der Waals surface area contributed by atoms with Crippen LogP contribution in [0.25, 0.3) is 0 Å². The lowest BCUT2D eigenvalue weighted by atomic mass is 9.56. The molecule has 0 unspecified atom stereocenters. The molecule has 0 aliphatic carbocycles. The maximum Gasteiger partial charge on any atom is 0.131 e. The van der Waals surface area contributed by atoms with Gasteiger partial charge in [0.25, 0.3) is 0 Å². The third-order valence-electron chi connectivity index (χ3n) is 9.07. The van der Waals surface area contributed by atoms with E-state index in [1.54, 1.807) is 0 Å². The summed E-state index contributed by atoms with van der Waals surface area (Å²) in [5.74, 6) is 0. The molecule has 0 amide bonds. The maximum atomic E-state index is 6.96. The van der Waals surface area contributed by atoms with E-state index < -0.39 is 22.4 Å². The van der Waals surface area contributed by atoms with Crippen LogP contribution in [0, 0.1) is 0 Å². The van der Waals surface area contributed by atoms with Crippen molar-refractivity contribution in [2.45, 2.75) is 112 Å². The van der Waals surface area contributed by atoms with E-state index in [2.05, 4.69) is 0 Å². The zero-order valence-corrected chi connectivity index (χ0v) is 18.3. The van der Waals surface area contributed by atoms with Gasteiger partial charge in [-0.1, -0.05) is 0 Å². The van der Waals surface area contributed by atoms with Crippen molar-refractivity contribution in [3.8, 4) is 0 Å². The van der Waals surface area contributed by atoms with Crippen LogP contribution in [-0.4, -0.2) is 74.3 Å². The van der Waals surface area contributed by atoms with Gasteiger partial charge in [0.1, 0.15) is 22.4 Å². The second-order valence-corrected chi connectivity index (χ2v) is 10.2. The molecule has 0 radical (unpaired) electrons. The first kappa shape index (κ1) is 20.4. The Morgan fingerprint density at radius 1 is 0.433 bits per heavy atom. The van der Waals surface area contributed by atoms with Crippen molar-refractivity contribution >= 4 is 0 Å². The van der Waals surface area contributed by atoms with Crippen molar-refractivity contribution in [1.82, 2.24) is 0 Å². The summed E-state index contributed by atoms with van der Waals surface area (Å²) in [6, 6.07) is 0. The van der Waals surface area contributed by atoms with Crippen molar-refractivity contribution in [3.63, 3.8) is 0 Å². The van der Waals surface area contributed by atoms with Gasteiger partial charge in [0.05, 0.1) is 12.2 Å². The SMILES string of the molecule is C1CO[C@H]([C@@]2([C@]3([C@@]4([C@@]5([C@H]6CCCO6)CCCO5)CCCO4)CCCO3)CCCO2)C1. The molecule has 0 aromatic heterocycles. The minimum absolute atomic E-state index is 0.0853. The molecular formula is C24H38O6. The van der Waals surface area contributed by atoms with Gasteiger partial charge >= 0.3 is 0 Å². The topological polar surface area (TPSA) is 55.4 Å². The van der Waals surface area contributed by atoms with Crippen LogP contribution in [-0.2, 0) is 28.4 Å². The molecule has 0 bridgehead atoms. The normalized spacial score (nSPS) is 52.0. The first-order valence-electron chi connectivity index (χ1n) is 12.6. The monoisotopic (exact) mass is 422 g/mol. The molecule has 170 valence electrons. The highest BCUT2D eigenvalue weighted by molar-refractivity contribution is 5.28. The standard InChI is InChI=1S/C24H38O6/c1-7-19(25-13-1)21(9-3-15-27-21)23(11-5-17-29-23)24(12-6-18-30-24)22(10-4-16-28-22)20-8-2-14-26-20/h19-20H,1-18H2/t19-,20+,21+,22-,23-,24-/m0/s1. The minimum atomic E-state index is -0.529. The molecule has 0 spiro atoms. The largest absolute Gasteiger partial charge is 0.375 e. The molecule has 0 aromatic carbocycles. The molecule has 6 rings (SSSR count). The predicted octanol–water partition coefficient (Wildman–Crippen LogP) is 3.54. The summed E-state index contributed by atoms with van der Waals surface area (Å²) in [6.45, 7) is 4.76. The summed E-state index contributed by atoms with van der Waals surface area (Å²) in [6.07, 6.45) is 12.6. The first-order chi connectivity index (χ1) is 14.8. The Kier molecular flexibility index (Phi) is 5.21. The number of hydrogen-bond acceptors (Lipinski definition) is 6. The zero-order valence-electron chi connectivity index (χ0n) is 18.3.